The summed E-state index contributed by atoms with van der Waals surface area (Å²) in [6, 6.07) is 7.19. The molecule has 0 saturated carbocycles. The van der Waals surface area contributed by atoms with Gasteiger partial charge in [-0.25, -0.2) is 8.78 Å². The molecular formula is C13H11BrF2N2. The summed E-state index contributed by atoms with van der Waals surface area (Å²) in [6.45, 7) is 1.87. The second-order valence-corrected chi connectivity index (χ2v) is 4.75. The van der Waals surface area contributed by atoms with Crippen molar-refractivity contribution in [3.05, 3.63) is 58.3 Å². The highest BCUT2D eigenvalue weighted by Gasteiger charge is 2.09. The first-order chi connectivity index (χ1) is 8.56. The summed E-state index contributed by atoms with van der Waals surface area (Å²) in [5.74, 6) is -0.696. The van der Waals surface area contributed by atoms with Gasteiger partial charge in [0, 0.05) is 4.47 Å². The number of nitrogens with one attached hydrogen (secondary N) is 1. The Hall–Kier alpha value is -1.49. The molecule has 1 N–H and O–H groups in total. The van der Waals surface area contributed by atoms with Crippen LogP contribution in [-0.2, 0) is 0 Å². The molecule has 0 amide bonds. The highest BCUT2D eigenvalue weighted by atomic mass is 79.9. The van der Waals surface area contributed by atoms with Gasteiger partial charge in [0.15, 0.2) is 0 Å². The number of halogens is 3. The molecule has 94 valence electrons. The maximum atomic E-state index is 13.1. The van der Waals surface area contributed by atoms with Crippen LogP contribution in [0, 0.1) is 11.6 Å². The van der Waals surface area contributed by atoms with Crippen LogP contribution in [0.2, 0.25) is 0 Å². The molecule has 1 aromatic carbocycles. The van der Waals surface area contributed by atoms with Crippen LogP contribution in [0.1, 0.15) is 18.7 Å². The van der Waals surface area contributed by atoms with Crippen molar-refractivity contribution in [1.82, 2.24) is 4.98 Å². The second kappa shape index (κ2) is 5.44. The van der Waals surface area contributed by atoms with Crippen LogP contribution in [-0.4, -0.2) is 4.98 Å². The number of hydrogen-bond acceptors (Lipinski definition) is 2. The summed E-state index contributed by atoms with van der Waals surface area (Å²) in [7, 11) is 0. The van der Waals surface area contributed by atoms with Gasteiger partial charge >= 0.3 is 0 Å². The molecule has 2 nitrogen and oxygen atoms in total. The summed E-state index contributed by atoms with van der Waals surface area (Å²) in [6.07, 6.45) is 1.16. The largest absolute Gasteiger partial charge is 0.376 e. The van der Waals surface area contributed by atoms with Crippen molar-refractivity contribution in [3.63, 3.8) is 0 Å². The van der Waals surface area contributed by atoms with Crippen molar-refractivity contribution in [2.75, 3.05) is 5.32 Å². The maximum absolute atomic E-state index is 13.1. The monoisotopic (exact) mass is 312 g/mol. The average Bonchev–Trinajstić information content (AvgIpc) is 2.34. The Labute approximate surface area is 112 Å². The van der Waals surface area contributed by atoms with Gasteiger partial charge in [-0.15, -0.1) is 0 Å². The molecule has 0 aliphatic rings. The van der Waals surface area contributed by atoms with Crippen LogP contribution < -0.4 is 5.32 Å². The normalized spacial score (nSPS) is 12.2. The smallest absolute Gasteiger partial charge is 0.141 e. The minimum Gasteiger partial charge on any atom is -0.376 e. The van der Waals surface area contributed by atoms with Gasteiger partial charge in [-0.3, -0.25) is 4.98 Å². The molecule has 1 unspecified atom stereocenters. The highest BCUT2D eigenvalue weighted by Crippen LogP contribution is 2.26. The van der Waals surface area contributed by atoms with Crippen molar-refractivity contribution >= 4 is 21.6 Å². The summed E-state index contributed by atoms with van der Waals surface area (Å²) in [4.78, 5) is 3.98. The average molecular weight is 313 g/mol. The third-order valence-corrected chi connectivity index (χ3v) is 3.19. The Morgan fingerprint density at radius 1 is 1.17 bits per heavy atom. The van der Waals surface area contributed by atoms with Gasteiger partial charge in [-0.2, -0.15) is 0 Å². The van der Waals surface area contributed by atoms with Crippen molar-refractivity contribution in [2.24, 2.45) is 0 Å². The molecule has 18 heavy (non-hydrogen) atoms. The van der Waals surface area contributed by atoms with E-state index in [9.17, 15) is 8.78 Å². The zero-order valence-corrected chi connectivity index (χ0v) is 11.2. The van der Waals surface area contributed by atoms with Crippen molar-refractivity contribution in [2.45, 2.75) is 13.0 Å². The lowest BCUT2D eigenvalue weighted by molar-refractivity contribution is 0.617. The Morgan fingerprint density at radius 3 is 2.56 bits per heavy atom. The number of pyridine rings is 1. The summed E-state index contributed by atoms with van der Waals surface area (Å²) in [5.41, 5.74) is 1.32. The number of hydrogen-bond donors (Lipinski definition) is 1. The van der Waals surface area contributed by atoms with Crippen molar-refractivity contribution in [3.8, 4) is 0 Å². The van der Waals surface area contributed by atoms with Crippen LogP contribution in [0.25, 0.3) is 0 Å². The SMILES string of the molecule is CC(Nc1cc(F)ccc1Br)c1ccc(F)cn1. The van der Waals surface area contributed by atoms with Crippen LogP contribution in [0.3, 0.4) is 0 Å². The minimum atomic E-state index is -0.377. The van der Waals surface area contributed by atoms with E-state index in [4.69, 9.17) is 0 Å². The van der Waals surface area contributed by atoms with Gasteiger partial charge in [-0.05, 0) is 53.2 Å². The van der Waals surface area contributed by atoms with E-state index in [2.05, 4.69) is 26.2 Å². The van der Waals surface area contributed by atoms with Crippen LogP contribution >= 0.6 is 15.9 Å². The van der Waals surface area contributed by atoms with E-state index in [0.717, 1.165) is 10.7 Å². The molecule has 1 heterocycles. The zero-order valence-electron chi connectivity index (χ0n) is 9.62. The molecule has 2 aromatic rings. The van der Waals surface area contributed by atoms with Crippen LogP contribution in [0.15, 0.2) is 41.0 Å². The van der Waals surface area contributed by atoms with Gasteiger partial charge in [0.2, 0.25) is 0 Å². The number of anilines is 1. The lowest BCUT2D eigenvalue weighted by Gasteiger charge is -2.16. The molecule has 0 spiro atoms. The van der Waals surface area contributed by atoms with Gasteiger partial charge in [0.25, 0.3) is 0 Å². The first-order valence-electron chi connectivity index (χ1n) is 5.39. The molecule has 1 aromatic heterocycles. The van der Waals surface area contributed by atoms with Gasteiger partial charge < -0.3 is 5.32 Å². The Kier molecular flexibility index (Phi) is 3.91. The minimum absolute atomic E-state index is 0.149. The maximum Gasteiger partial charge on any atom is 0.141 e. The van der Waals surface area contributed by atoms with E-state index < -0.39 is 0 Å². The Morgan fingerprint density at radius 2 is 1.89 bits per heavy atom. The molecule has 1 atom stereocenters. The van der Waals surface area contributed by atoms with Crippen LogP contribution in [0.4, 0.5) is 14.5 Å². The molecular weight excluding hydrogens is 302 g/mol. The lowest BCUT2D eigenvalue weighted by atomic mass is 10.2. The molecule has 0 fully saturated rings. The van der Waals surface area contributed by atoms with E-state index in [1.54, 1.807) is 12.1 Å². The van der Waals surface area contributed by atoms with Gasteiger partial charge in [-0.1, -0.05) is 0 Å². The standard InChI is InChI=1S/C13H11BrF2N2/c1-8(12-5-3-10(16)7-17-12)18-13-6-9(15)2-4-11(13)14/h2-8,18H,1H3. The van der Waals surface area contributed by atoms with Crippen LogP contribution in [0.5, 0.6) is 0 Å². The third-order valence-electron chi connectivity index (χ3n) is 2.49. The zero-order chi connectivity index (χ0) is 13.1. The summed E-state index contributed by atoms with van der Waals surface area (Å²) in [5, 5.41) is 3.11. The van der Waals surface area contributed by atoms with Gasteiger partial charge in [0.05, 0.1) is 23.6 Å². The number of rotatable bonds is 3. The molecule has 0 radical (unpaired) electrons. The van der Waals surface area contributed by atoms with E-state index in [1.165, 1.54) is 18.2 Å². The highest BCUT2D eigenvalue weighted by molar-refractivity contribution is 9.10. The molecule has 5 heteroatoms. The van der Waals surface area contributed by atoms with E-state index in [1.807, 2.05) is 6.92 Å². The molecule has 0 aliphatic heterocycles. The first kappa shape index (κ1) is 13.0. The summed E-state index contributed by atoms with van der Waals surface area (Å²) >= 11 is 3.33. The van der Waals surface area contributed by atoms with E-state index in [-0.39, 0.29) is 17.7 Å². The van der Waals surface area contributed by atoms with E-state index in [0.29, 0.717) is 11.4 Å². The fourth-order valence-electron chi connectivity index (χ4n) is 1.56. The molecule has 0 saturated heterocycles. The fraction of sp³-hybridized carbons (Fsp3) is 0.154. The number of nitrogens with zero attached hydrogens (tertiary/aromatic N) is 1. The van der Waals surface area contributed by atoms with E-state index >= 15 is 0 Å². The fourth-order valence-corrected chi connectivity index (χ4v) is 1.92. The topological polar surface area (TPSA) is 24.9 Å². The lowest BCUT2D eigenvalue weighted by Crippen LogP contribution is -2.09. The number of aromatic nitrogens is 1. The Balaban J connectivity index is 2.18. The van der Waals surface area contributed by atoms with Crippen molar-refractivity contribution in [1.29, 1.82) is 0 Å². The van der Waals surface area contributed by atoms with Crippen molar-refractivity contribution < 1.29 is 8.78 Å². The quantitative estimate of drug-likeness (QED) is 0.914. The predicted molar refractivity (Wildman–Crippen MR) is 70.3 cm³/mol. The molecule has 0 aliphatic carbocycles. The first-order valence-corrected chi connectivity index (χ1v) is 6.18. The molecule has 0 bridgehead atoms. The summed E-state index contributed by atoms with van der Waals surface area (Å²) < 4.78 is 26.6. The third kappa shape index (κ3) is 3.04. The second-order valence-electron chi connectivity index (χ2n) is 3.89. The number of benzene rings is 1. The Bertz CT molecular complexity index is 543. The molecule has 2 rings (SSSR count). The van der Waals surface area contributed by atoms with Gasteiger partial charge in [0.1, 0.15) is 11.6 Å². The predicted octanol–water partition coefficient (Wildman–Crippen LogP) is 4.30.